The maximum Gasteiger partial charge on any atom is 0.229 e. The molecule has 2 amide bonds. The molecule has 0 unspecified atom stereocenters. The molecular weight excluding hydrogens is 392 g/mol. The van der Waals surface area contributed by atoms with E-state index in [0.717, 1.165) is 94.6 Å². The molecule has 5 rings (SSSR count). The van der Waals surface area contributed by atoms with E-state index in [2.05, 4.69) is 22.8 Å². The van der Waals surface area contributed by atoms with Crippen LogP contribution in [0.4, 0.5) is 11.5 Å². The van der Waals surface area contributed by atoms with Crippen molar-refractivity contribution in [1.82, 2.24) is 9.88 Å². The fourth-order valence-electron chi connectivity index (χ4n) is 6.13. The van der Waals surface area contributed by atoms with E-state index in [1.807, 2.05) is 11.1 Å². The third kappa shape index (κ3) is 3.71. The molecule has 0 radical (unpaired) electrons. The lowest BCUT2D eigenvalue weighted by Gasteiger charge is -2.40. The van der Waals surface area contributed by atoms with Crippen molar-refractivity contribution in [3.05, 3.63) is 17.8 Å². The number of amides is 2. The predicted molar refractivity (Wildman–Crippen MR) is 119 cm³/mol. The number of rotatable bonds is 3. The number of piperidine rings is 1. The van der Waals surface area contributed by atoms with E-state index in [-0.39, 0.29) is 17.4 Å². The number of hydrogen-bond donors (Lipinski definition) is 1. The van der Waals surface area contributed by atoms with Crippen LogP contribution in [0.25, 0.3) is 0 Å². The van der Waals surface area contributed by atoms with Gasteiger partial charge >= 0.3 is 0 Å². The van der Waals surface area contributed by atoms with Crippen molar-refractivity contribution < 1.29 is 14.7 Å². The van der Waals surface area contributed by atoms with Gasteiger partial charge in [-0.25, -0.2) is 4.98 Å². The van der Waals surface area contributed by atoms with Gasteiger partial charge in [-0.2, -0.15) is 0 Å². The summed E-state index contributed by atoms with van der Waals surface area (Å²) in [5, 5.41) is 9.80. The Morgan fingerprint density at radius 1 is 1.03 bits per heavy atom. The highest BCUT2D eigenvalue weighted by molar-refractivity contribution is 5.95. The van der Waals surface area contributed by atoms with E-state index in [9.17, 15) is 14.7 Å². The van der Waals surface area contributed by atoms with Gasteiger partial charge in [0, 0.05) is 38.6 Å². The van der Waals surface area contributed by atoms with Crippen LogP contribution >= 0.6 is 0 Å². The van der Waals surface area contributed by atoms with Gasteiger partial charge in [-0.05, 0) is 69.9 Å². The summed E-state index contributed by atoms with van der Waals surface area (Å²) in [4.78, 5) is 36.4. The Morgan fingerprint density at radius 2 is 1.74 bits per heavy atom. The van der Waals surface area contributed by atoms with Crippen LogP contribution in [0.5, 0.6) is 0 Å². The SMILES string of the molecule is Cc1cc(N2CCCC2=O)cnc1N1CCC2(CC1)CCN(C1CCC(O)CC1)C2=O. The highest BCUT2D eigenvalue weighted by Crippen LogP contribution is 2.44. The summed E-state index contributed by atoms with van der Waals surface area (Å²) in [5.41, 5.74) is 1.78. The Morgan fingerprint density at radius 3 is 2.39 bits per heavy atom. The molecule has 1 N–H and O–H groups in total. The number of aromatic nitrogens is 1. The van der Waals surface area contributed by atoms with Crippen LogP contribution < -0.4 is 9.80 Å². The lowest BCUT2D eigenvalue weighted by atomic mass is 9.77. The average Bonchev–Trinajstić information content (AvgIpc) is 3.34. The van der Waals surface area contributed by atoms with Crippen LogP contribution in [-0.2, 0) is 9.59 Å². The number of aryl methyl sites for hydroxylation is 1. The van der Waals surface area contributed by atoms with E-state index in [1.165, 1.54) is 0 Å². The summed E-state index contributed by atoms with van der Waals surface area (Å²) in [6.07, 6.45) is 9.42. The van der Waals surface area contributed by atoms with E-state index in [4.69, 9.17) is 4.98 Å². The molecule has 7 heteroatoms. The minimum Gasteiger partial charge on any atom is -0.393 e. The van der Waals surface area contributed by atoms with Gasteiger partial charge in [0.05, 0.1) is 23.4 Å². The van der Waals surface area contributed by atoms with Gasteiger partial charge < -0.3 is 19.8 Å². The number of aliphatic hydroxyl groups is 1. The van der Waals surface area contributed by atoms with Crippen molar-refractivity contribution >= 4 is 23.3 Å². The van der Waals surface area contributed by atoms with Crippen LogP contribution in [0.2, 0.25) is 0 Å². The van der Waals surface area contributed by atoms with Crippen molar-refractivity contribution in [3.63, 3.8) is 0 Å². The molecular formula is C24H34N4O3. The summed E-state index contributed by atoms with van der Waals surface area (Å²) in [5.74, 6) is 1.51. The van der Waals surface area contributed by atoms with Crippen LogP contribution in [0.15, 0.2) is 12.3 Å². The topological polar surface area (TPSA) is 77.0 Å². The lowest BCUT2D eigenvalue weighted by Crippen LogP contribution is -2.47. The maximum absolute atomic E-state index is 13.4. The Kier molecular flexibility index (Phi) is 5.40. The highest BCUT2D eigenvalue weighted by Gasteiger charge is 2.50. The van der Waals surface area contributed by atoms with Crippen LogP contribution in [-0.4, -0.2) is 65.1 Å². The Balaban J connectivity index is 1.23. The molecule has 3 aliphatic heterocycles. The van der Waals surface area contributed by atoms with Gasteiger partial charge in [0.2, 0.25) is 11.8 Å². The molecule has 31 heavy (non-hydrogen) atoms. The lowest BCUT2D eigenvalue weighted by molar-refractivity contribution is -0.139. The summed E-state index contributed by atoms with van der Waals surface area (Å²) >= 11 is 0. The number of hydrogen-bond acceptors (Lipinski definition) is 5. The summed E-state index contributed by atoms with van der Waals surface area (Å²) in [6, 6.07) is 2.40. The van der Waals surface area contributed by atoms with Crippen molar-refractivity contribution in [2.24, 2.45) is 5.41 Å². The number of carbonyl (C=O) groups is 2. The first-order chi connectivity index (χ1) is 15.0. The Bertz CT molecular complexity index is 856. The molecule has 0 aromatic carbocycles. The number of nitrogens with zero attached hydrogens (tertiary/aromatic N) is 4. The van der Waals surface area contributed by atoms with Crippen LogP contribution in [0, 0.1) is 12.3 Å². The molecule has 1 spiro atoms. The number of pyridine rings is 1. The Labute approximate surface area is 184 Å². The van der Waals surface area contributed by atoms with E-state index < -0.39 is 0 Å². The third-order valence-electron chi connectivity index (χ3n) is 8.09. The van der Waals surface area contributed by atoms with E-state index in [0.29, 0.717) is 18.4 Å². The first-order valence-corrected chi connectivity index (χ1v) is 12.0. The molecule has 1 aliphatic carbocycles. The van der Waals surface area contributed by atoms with Gasteiger partial charge in [0.25, 0.3) is 0 Å². The van der Waals surface area contributed by atoms with Crippen molar-refractivity contribution in [3.8, 4) is 0 Å². The molecule has 7 nitrogen and oxygen atoms in total. The molecule has 1 aromatic heterocycles. The average molecular weight is 427 g/mol. The standard InChI is InChI=1S/C24H34N4O3/c1-17-15-19(27-11-2-3-21(27)30)16-25-22(17)26-12-8-24(9-13-26)10-14-28(23(24)31)18-4-6-20(29)7-5-18/h15-16,18,20,29H,2-14H2,1H3. The first kappa shape index (κ1) is 20.7. The van der Waals surface area contributed by atoms with Gasteiger partial charge in [-0.15, -0.1) is 0 Å². The highest BCUT2D eigenvalue weighted by atomic mass is 16.3. The normalized spacial score (nSPS) is 28.8. The smallest absolute Gasteiger partial charge is 0.229 e. The maximum atomic E-state index is 13.4. The molecule has 4 heterocycles. The second-order valence-electron chi connectivity index (χ2n) is 9.96. The van der Waals surface area contributed by atoms with Crippen molar-refractivity contribution in [1.29, 1.82) is 0 Å². The summed E-state index contributed by atoms with van der Waals surface area (Å²) < 4.78 is 0. The van der Waals surface area contributed by atoms with Crippen LogP contribution in [0.3, 0.4) is 0 Å². The zero-order valence-corrected chi connectivity index (χ0v) is 18.6. The summed E-state index contributed by atoms with van der Waals surface area (Å²) in [6.45, 7) is 5.41. The van der Waals surface area contributed by atoms with Gasteiger partial charge in [0.15, 0.2) is 0 Å². The quantitative estimate of drug-likeness (QED) is 0.804. The molecule has 3 saturated heterocycles. The fraction of sp³-hybridized carbons (Fsp3) is 0.708. The number of carbonyl (C=O) groups excluding carboxylic acids is 2. The molecule has 0 atom stereocenters. The molecule has 4 aliphatic rings. The van der Waals surface area contributed by atoms with E-state index in [1.54, 1.807) is 0 Å². The minimum atomic E-state index is -0.206. The number of anilines is 2. The fourth-order valence-corrected chi connectivity index (χ4v) is 6.13. The Hall–Kier alpha value is -2.15. The number of likely N-dealkylation sites (tertiary alicyclic amines) is 1. The molecule has 168 valence electrons. The van der Waals surface area contributed by atoms with Gasteiger partial charge in [0.1, 0.15) is 5.82 Å². The molecule has 1 aromatic rings. The minimum absolute atomic E-state index is 0.183. The molecule has 4 fully saturated rings. The van der Waals surface area contributed by atoms with Gasteiger partial charge in [-0.1, -0.05) is 0 Å². The molecule has 1 saturated carbocycles. The largest absolute Gasteiger partial charge is 0.393 e. The monoisotopic (exact) mass is 426 g/mol. The number of aliphatic hydroxyl groups excluding tert-OH is 1. The first-order valence-electron chi connectivity index (χ1n) is 12.0. The van der Waals surface area contributed by atoms with Gasteiger partial charge in [-0.3, -0.25) is 9.59 Å². The second-order valence-corrected chi connectivity index (χ2v) is 9.96. The zero-order chi connectivity index (χ0) is 21.6. The van der Waals surface area contributed by atoms with Crippen molar-refractivity contribution in [2.45, 2.75) is 76.9 Å². The van der Waals surface area contributed by atoms with Crippen molar-refractivity contribution in [2.75, 3.05) is 36.0 Å². The third-order valence-corrected chi connectivity index (χ3v) is 8.09. The zero-order valence-electron chi connectivity index (χ0n) is 18.6. The van der Waals surface area contributed by atoms with E-state index >= 15 is 0 Å². The molecule has 0 bridgehead atoms. The van der Waals surface area contributed by atoms with Crippen LogP contribution in [0.1, 0.15) is 63.4 Å². The summed E-state index contributed by atoms with van der Waals surface area (Å²) in [7, 11) is 0. The predicted octanol–water partition coefficient (Wildman–Crippen LogP) is 2.64. The second kappa shape index (κ2) is 8.08.